The maximum Gasteiger partial charge on any atom is 1.00 e. The molecule has 0 aliphatic rings. The summed E-state index contributed by atoms with van der Waals surface area (Å²) in [4.78, 5) is 0. The Morgan fingerprint density at radius 3 is 1.08 bits per heavy atom. The molecule has 0 aromatic carbocycles. The normalized spacial score (nSPS) is 7.00. The Balaban J connectivity index is -0.0000000457. The van der Waals surface area contributed by atoms with Crippen molar-refractivity contribution in [2.24, 2.45) is 0 Å². The van der Waals surface area contributed by atoms with E-state index in [1.807, 2.05) is 0 Å². The van der Waals surface area contributed by atoms with Crippen molar-refractivity contribution in [1.82, 2.24) is 0 Å². The molecule has 6 heteroatoms. The number of hydrogen-bond acceptors (Lipinski definition) is 4. The van der Waals surface area contributed by atoms with Gasteiger partial charge in [-0.15, -0.1) is 13.2 Å². The zero-order chi connectivity index (χ0) is 8.24. The molecule has 0 saturated carbocycles. The van der Waals surface area contributed by atoms with Crippen LogP contribution < -0.4 is 69.3 Å². The van der Waals surface area contributed by atoms with Gasteiger partial charge in [0.1, 0.15) is 0 Å². The van der Waals surface area contributed by atoms with E-state index in [4.69, 9.17) is 0 Å². The quantitative estimate of drug-likeness (QED) is 0.419. The zero-order valence-electron chi connectivity index (χ0n) is 8.46. The third-order valence-corrected chi connectivity index (χ3v) is 0.575. The minimum atomic E-state index is -0.128. The summed E-state index contributed by atoms with van der Waals surface area (Å²) < 4.78 is 8.76. The summed E-state index contributed by atoms with van der Waals surface area (Å²) in [6.45, 7) is 0.410. The standard InChI is InChI=1S/2C3H7O2.2Na/c2*1-5-3-2-4;;/h2*2-3H2,1H3;;/q2*-1;2*+1. The Bertz CT molecular complexity index is 38.5. The molecule has 0 radical (unpaired) electrons. The SMILES string of the molecule is COCC[O-].COCC[O-].[Na+].[Na+]. The van der Waals surface area contributed by atoms with Crippen LogP contribution in [0.15, 0.2) is 0 Å². The summed E-state index contributed by atoms with van der Waals surface area (Å²) in [5.74, 6) is 0. The van der Waals surface area contributed by atoms with Crippen LogP contribution in [0.2, 0.25) is 0 Å². The Hall–Kier alpha value is 1.84. The third kappa shape index (κ3) is 40.8. The van der Waals surface area contributed by atoms with Crippen LogP contribution in [0.5, 0.6) is 0 Å². The van der Waals surface area contributed by atoms with Crippen molar-refractivity contribution < 1.29 is 78.8 Å². The number of ether oxygens (including phenoxy) is 2. The molecule has 64 valence electrons. The Morgan fingerprint density at radius 1 is 0.833 bits per heavy atom. The molecule has 0 heterocycles. The fraction of sp³-hybridized carbons (Fsp3) is 1.00. The second-order valence-electron chi connectivity index (χ2n) is 1.39. The van der Waals surface area contributed by atoms with Crippen LogP contribution >= 0.6 is 0 Å². The van der Waals surface area contributed by atoms with Crippen LogP contribution in [-0.4, -0.2) is 40.6 Å². The van der Waals surface area contributed by atoms with E-state index in [-0.39, 0.29) is 72.3 Å². The van der Waals surface area contributed by atoms with Crippen LogP contribution in [0.1, 0.15) is 0 Å². The number of methoxy groups -OCH3 is 2. The van der Waals surface area contributed by atoms with Gasteiger partial charge >= 0.3 is 59.1 Å². The average Bonchev–Trinajstić information content (AvgIpc) is 1.93. The molecule has 0 saturated heterocycles. The van der Waals surface area contributed by atoms with Crippen molar-refractivity contribution in [2.75, 3.05) is 40.6 Å². The van der Waals surface area contributed by atoms with E-state index in [1.165, 1.54) is 14.2 Å². The fourth-order valence-corrected chi connectivity index (χ4v) is 0.167. The predicted molar refractivity (Wildman–Crippen MR) is 33.5 cm³/mol. The van der Waals surface area contributed by atoms with Gasteiger partial charge in [0.25, 0.3) is 0 Å². The first-order valence-corrected chi connectivity index (χ1v) is 2.97. The van der Waals surface area contributed by atoms with Gasteiger partial charge in [-0.2, -0.15) is 0 Å². The summed E-state index contributed by atoms with van der Waals surface area (Å²) in [5.41, 5.74) is 0. The van der Waals surface area contributed by atoms with E-state index in [9.17, 15) is 10.2 Å². The van der Waals surface area contributed by atoms with Crippen molar-refractivity contribution in [3.63, 3.8) is 0 Å². The van der Waals surface area contributed by atoms with Gasteiger partial charge in [0.05, 0.1) is 0 Å². The van der Waals surface area contributed by atoms with Crippen molar-refractivity contribution in [3.05, 3.63) is 0 Å². The topological polar surface area (TPSA) is 64.6 Å². The minimum absolute atomic E-state index is 0. The number of hydrogen-bond donors (Lipinski definition) is 0. The second kappa shape index (κ2) is 29.3. The molecule has 0 aliphatic heterocycles. The first kappa shape index (κ1) is 23.6. The van der Waals surface area contributed by atoms with Crippen LogP contribution in [-0.2, 0) is 9.47 Å². The molecule has 0 amide bonds. The second-order valence-corrected chi connectivity index (χ2v) is 1.39. The predicted octanol–water partition coefficient (Wildman–Crippen LogP) is -8.01. The van der Waals surface area contributed by atoms with Crippen LogP contribution in [0.3, 0.4) is 0 Å². The molecule has 0 aromatic heterocycles. The largest absolute Gasteiger partial charge is 1.00 e. The summed E-state index contributed by atoms with van der Waals surface area (Å²) in [6, 6.07) is 0. The van der Waals surface area contributed by atoms with E-state index in [1.54, 1.807) is 0 Å². The van der Waals surface area contributed by atoms with Gasteiger partial charge in [0.2, 0.25) is 0 Å². The maximum atomic E-state index is 9.40. The summed E-state index contributed by atoms with van der Waals surface area (Å²) in [5, 5.41) is 18.8. The van der Waals surface area contributed by atoms with Gasteiger partial charge in [0, 0.05) is 27.4 Å². The van der Waals surface area contributed by atoms with Crippen LogP contribution in [0.4, 0.5) is 0 Å². The molecule has 0 aliphatic carbocycles. The summed E-state index contributed by atoms with van der Waals surface area (Å²) in [6.07, 6.45) is 0. The van der Waals surface area contributed by atoms with Crippen LogP contribution in [0.25, 0.3) is 0 Å². The smallest absolute Gasteiger partial charge is 0.853 e. The van der Waals surface area contributed by atoms with Crippen molar-refractivity contribution >= 4 is 0 Å². The Morgan fingerprint density at radius 2 is 1.08 bits per heavy atom. The molecule has 0 atom stereocenters. The molecule has 0 aromatic rings. The van der Waals surface area contributed by atoms with E-state index < -0.39 is 0 Å². The third-order valence-electron chi connectivity index (χ3n) is 0.575. The summed E-state index contributed by atoms with van der Waals surface area (Å²) in [7, 11) is 3.02. The monoisotopic (exact) mass is 196 g/mol. The molecule has 0 spiro atoms. The summed E-state index contributed by atoms with van der Waals surface area (Å²) >= 11 is 0. The molecule has 4 nitrogen and oxygen atoms in total. The molecule has 0 N–H and O–H groups in total. The van der Waals surface area contributed by atoms with E-state index in [0.717, 1.165) is 0 Å². The van der Waals surface area contributed by atoms with Crippen molar-refractivity contribution in [3.8, 4) is 0 Å². The van der Waals surface area contributed by atoms with Gasteiger partial charge in [-0.05, 0) is 0 Å². The zero-order valence-corrected chi connectivity index (χ0v) is 12.5. The molecular formula is C6H14Na2O4. The number of rotatable bonds is 4. The van der Waals surface area contributed by atoms with Crippen molar-refractivity contribution in [1.29, 1.82) is 0 Å². The molecule has 0 bridgehead atoms. The molecule has 0 rings (SSSR count). The van der Waals surface area contributed by atoms with Gasteiger partial charge in [-0.25, -0.2) is 0 Å². The van der Waals surface area contributed by atoms with Gasteiger partial charge in [0.15, 0.2) is 0 Å². The average molecular weight is 196 g/mol. The molecule has 12 heavy (non-hydrogen) atoms. The molecular weight excluding hydrogens is 182 g/mol. The first-order chi connectivity index (χ1) is 4.83. The maximum absolute atomic E-state index is 9.40. The Labute approximate surface area is 118 Å². The van der Waals surface area contributed by atoms with Gasteiger partial charge in [-0.1, -0.05) is 0 Å². The van der Waals surface area contributed by atoms with E-state index >= 15 is 0 Å². The van der Waals surface area contributed by atoms with Crippen molar-refractivity contribution in [2.45, 2.75) is 0 Å². The minimum Gasteiger partial charge on any atom is -0.853 e. The van der Waals surface area contributed by atoms with E-state index in [2.05, 4.69) is 9.47 Å². The van der Waals surface area contributed by atoms with Gasteiger partial charge < -0.3 is 19.7 Å². The molecule has 0 unspecified atom stereocenters. The fourth-order valence-electron chi connectivity index (χ4n) is 0.167. The van der Waals surface area contributed by atoms with E-state index in [0.29, 0.717) is 13.2 Å². The first-order valence-electron chi connectivity index (χ1n) is 2.97. The van der Waals surface area contributed by atoms with Gasteiger partial charge in [-0.3, -0.25) is 0 Å². The molecule has 0 fully saturated rings. The van der Waals surface area contributed by atoms with Crippen LogP contribution in [0, 0.1) is 0 Å². The Kier molecular flexibility index (Phi) is 57.5.